The minimum Gasteiger partial charge on any atom is -0.389 e. The lowest BCUT2D eigenvalue weighted by Crippen LogP contribution is -1.98. The lowest BCUT2D eigenvalue weighted by atomic mass is 10.1. The summed E-state index contributed by atoms with van der Waals surface area (Å²) in [6.07, 6.45) is 21.0. The Morgan fingerprint density at radius 1 is 1.00 bits per heavy atom. The van der Waals surface area contributed by atoms with Gasteiger partial charge in [-0.15, -0.1) is 0 Å². The van der Waals surface area contributed by atoms with Crippen LogP contribution in [-0.2, 0) is 4.79 Å². The number of allylic oxidation sites excluding steroid dienone is 4. The van der Waals surface area contributed by atoms with Gasteiger partial charge in [0, 0.05) is 6.42 Å². The van der Waals surface area contributed by atoms with Crippen LogP contribution in [0.2, 0.25) is 0 Å². The van der Waals surface area contributed by atoms with Crippen molar-refractivity contribution in [3.63, 3.8) is 0 Å². The number of Topliss-reactive ketones (excluding diaryl/α,β-unsaturated/α-hetero) is 1. The number of ketones is 1. The van der Waals surface area contributed by atoms with E-state index in [-0.39, 0.29) is 6.10 Å². The standard InChI is InChI=1S/C19H32O2/c1-3-4-5-13-16-19(21)17-14-11-9-7-6-8-10-12-15-18(2)20/h4-5,11,13-14,16,19,21H,3,6-10,12,15,17H2,1-2H3/b5-4-,14-11-,16-13+. The van der Waals surface area contributed by atoms with Crippen LogP contribution in [0.4, 0.5) is 0 Å². The molecule has 0 aliphatic carbocycles. The maximum absolute atomic E-state index is 10.8. The van der Waals surface area contributed by atoms with E-state index in [0.717, 1.165) is 32.1 Å². The van der Waals surface area contributed by atoms with Crippen LogP contribution < -0.4 is 0 Å². The lowest BCUT2D eigenvalue weighted by molar-refractivity contribution is -0.117. The third-order valence-electron chi connectivity index (χ3n) is 3.26. The average molecular weight is 292 g/mol. The minimum absolute atomic E-state index is 0.302. The highest BCUT2D eigenvalue weighted by Gasteiger charge is 1.95. The molecule has 2 heteroatoms. The zero-order chi connectivity index (χ0) is 15.8. The van der Waals surface area contributed by atoms with Crippen LogP contribution in [0.3, 0.4) is 0 Å². The molecule has 1 unspecified atom stereocenters. The van der Waals surface area contributed by atoms with Gasteiger partial charge in [0.05, 0.1) is 6.10 Å². The van der Waals surface area contributed by atoms with E-state index in [1.165, 1.54) is 19.3 Å². The molecule has 0 amide bonds. The van der Waals surface area contributed by atoms with E-state index in [0.29, 0.717) is 12.2 Å². The first kappa shape index (κ1) is 19.9. The fourth-order valence-electron chi connectivity index (χ4n) is 2.01. The summed E-state index contributed by atoms with van der Waals surface area (Å²) in [7, 11) is 0. The van der Waals surface area contributed by atoms with Crippen molar-refractivity contribution < 1.29 is 9.90 Å². The SMILES string of the molecule is CC/C=C\C=C\C(O)C/C=C\CCCCCCCC(C)=O. The van der Waals surface area contributed by atoms with Crippen LogP contribution in [-0.4, -0.2) is 17.0 Å². The molecule has 0 spiro atoms. The monoisotopic (exact) mass is 292 g/mol. The Morgan fingerprint density at radius 2 is 1.71 bits per heavy atom. The molecular weight excluding hydrogens is 260 g/mol. The van der Waals surface area contributed by atoms with E-state index in [2.05, 4.69) is 25.2 Å². The van der Waals surface area contributed by atoms with Crippen LogP contribution in [0.15, 0.2) is 36.5 Å². The smallest absolute Gasteiger partial charge is 0.129 e. The van der Waals surface area contributed by atoms with Gasteiger partial charge in [0.2, 0.25) is 0 Å². The molecule has 120 valence electrons. The number of carbonyl (C=O) groups is 1. The largest absolute Gasteiger partial charge is 0.389 e. The molecule has 0 aromatic rings. The molecule has 0 aliphatic heterocycles. The maximum Gasteiger partial charge on any atom is 0.129 e. The summed E-state index contributed by atoms with van der Waals surface area (Å²) in [5.41, 5.74) is 0. The first-order valence-electron chi connectivity index (χ1n) is 8.32. The molecule has 0 heterocycles. The summed E-state index contributed by atoms with van der Waals surface area (Å²) in [6, 6.07) is 0. The number of unbranched alkanes of at least 4 members (excludes halogenated alkanes) is 5. The van der Waals surface area contributed by atoms with Crippen molar-refractivity contribution in [1.29, 1.82) is 0 Å². The van der Waals surface area contributed by atoms with E-state index in [4.69, 9.17) is 0 Å². The van der Waals surface area contributed by atoms with Crippen molar-refractivity contribution >= 4 is 5.78 Å². The first-order valence-corrected chi connectivity index (χ1v) is 8.32. The topological polar surface area (TPSA) is 37.3 Å². The lowest BCUT2D eigenvalue weighted by Gasteiger charge is -2.00. The number of rotatable bonds is 13. The molecule has 0 saturated heterocycles. The number of hydrogen-bond donors (Lipinski definition) is 1. The summed E-state index contributed by atoms with van der Waals surface area (Å²) in [5.74, 6) is 0.302. The fraction of sp³-hybridized carbons (Fsp3) is 0.632. The van der Waals surface area contributed by atoms with E-state index in [1.54, 1.807) is 6.92 Å². The maximum atomic E-state index is 10.8. The van der Waals surface area contributed by atoms with Gasteiger partial charge in [-0.05, 0) is 39.0 Å². The predicted octanol–water partition coefficient (Wildman–Crippen LogP) is 5.14. The Balaban J connectivity index is 3.41. The van der Waals surface area contributed by atoms with Crippen LogP contribution >= 0.6 is 0 Å². The molecule has 0 fully saturated rings. The Bertz CT molecular complexity index is 326. The zero-order valence-corrected chi connectivity index (χ0v) is 13.8. The van der Waals surface area contributed by atoms with E-state index in [9.17, 15) is 9.90 Å². The quantitative estimate of drug-likeness (QED) is 0.290. The Kier molecular flexibility index (Phi) is 14.4. The molecule has 2 nitrogen and oxygen atoms in total. The van der Waals surface area contributed by atoms with E-state index >= 15 is 0 Å². The molecular formula is C19H32O2. The number of carbonyl (C=O) groups excluding carboxylic acids is 1. The normalized spacial score (nSPS) is 13.7. The van der Waals surface area contributed by atoms with Crippen molar-refractivity contribution in [2.75, 3.05) is 0 Å². The van der Waals surface area contributed by atoms with Gasteiger partial charge < -0.3 is 9.90 Å². The van der Waals surface area contributed by atoms with Gasteiger partial charge >= 0.3 is 0 Å². The highest BCUT2D eigenvalue weighted by Crippen LogP contribution is 2.08. The second-order valence-corrected chi connectivity index (χ2v) is 5.50. The van der Waals surface area contributed by atoms with Gasteiger partial charge in [0.1, 0.15) is 5.78 Å². The minimum atomic E-state index is -0.380. The summed E-state index contributed by atoms with van der Waals surface area (Å²) in [6.45, 7) is 3.75. The van der Waals surface area contributed by atoms with Crippen LogP contribution in [0, 0.1) is 0 Å². The van der Waals surface area contributed by atoms with Crippen LogP contribution in [0.1, 0.15) is 71.6 Å². The molecule has 21 heavy (non-hydrogen) atoms. The Morgan fingerprint density at radius 3 is 2.43 bits per heavy atom. The third kappa shape index (κ3) is 16.8. The summed E-state index contributed by atoms with van der Waals surface area (Å²) < 4.78 is 0. The highest BCUT2D eigenvalue weighted by molar-refractivity contribution is 5.75. The van der Waals surface area contributed by atoms with Gasteiger partial charge in [-0.3, -0.25) is 0 Å². The van der Waals surface area contributed by atoms with Crippen molar-refractivity contribution in [2.45, 2.75) is 77.7 Å². The molecule has 1 atom stereocenters. The van der Waals surface area contributed by atoms with Gasteiger partial charge in [-0.25, -0.2) is 0 Å². The van der Waals surface area contributed by atoms with E-state index < -0.39 is 0 Å². The summed E-state index contributed by atoms with van der Waals surface area (Å²) in [4.78, 5) is 10.8. The molecule has 0 aromatic carbocycles. The number of aliphatic hydroxyl groups excluding tert-OH is 1. The number of aliphatic hydroxyl groups is 1. The Hall–Kier alpha value is -1.15. The fourth-order valence-corrected chi connectivity index (χ4v) is 2.01. The highest BCUT2D eigenvalue weighted by atomic mass is 16.3. The molecule has 1 N–H and O–H groups in total. The molecule has 0 rings (SSSR count). The van der Waals surface area contributed by atoms with E-state index in [1.807, 2.05) is 18.2 Å². The molecule has 0 saturated carbocycles. The second kappa shape index (κ2) is 15.2. The Labute approximate surface area is 130 Å². The third-order valence-corrected chi connectivity index (χ3v) is 3.26. The second-order valence-electron chi connectivity index (χ2n) is 5.50. The first-order chi connectivity index (χ1) is 10.2. The van der Waals surface area contributed by atoms with Crippen LogP contribution in [0.5, 0.6) is 0 Å². The van der Waals surface area contributed by atoms with Crippen molar-refractivity contribution in [3.8, 4) is 0 Å². The molecule has 0 aliphatic rings. The van der Waals surface area contributed by atoms with Crippen molar-refractivity contribution in [1.82, 2.24) is 0 Å². The predicted molar refractivity (Wildman–Crippen MR) is 91.3 cm³/mol. The average Bonchev–Trinajstić information content (AvgIpc) is 2.45. The summed E-state index contributed by atoms with van der Waals surface area (Å²) in [5, 5.41) is 9.69. The van der Waals surface area contributed by atoms with Crippen LogP contribution in [0.25, 0.3) is 0 Å². The van der Waals surface area contributed by atoms with Gasteiger partial charge in [0.15, 0.2) is 0 Å². The van der Waals surface area contributed by atoms with Crippen molar-refractivity contribution in [2.24, 2.45) is 0 Å². The molecule has 0 radical (unpaired) electrons. The van der Waals surface area contributed by atoms with Crippen molar-refractivity contribution in [3.05, 3.63) is 36.5 Å². The molecule has 0 bridgehead atoms. The van der Waals surface area contributed by atoms with Gasteiger partial charge in [-0.2, -0.15) is 0 Å². The molecule has 0 aromatic heterocycles. The summed E-state index contributed by atoms with van der Waals surface area (Å²) >= 11 is 0. The zero-order valence-electron chi connectivity index (χ0n) is 13.8. The van der Waals surface area contributed by atoms with Gasteiger partial charge in [-0.1, -0.05) is 62.6 Å². The van der Waals surface area contributed by atoms with Gasteiger partial charge in [0.25, 0.3) is 0 Å². The number of hydrogen-bond acceptors (Lipinski definition) is 2.